The maximum atomic E-state index is 12.2. The molecular formula is C16H21N5O. The van der Waals surface area contributed by atoms with Crippen molar-refractivity contribution in [3.8, 4) is 11.3 Å². The fourth-order valence-corrected chi connectivity index (χ4v) is 2.69. The fraction of sp³-hybridized carbons (Fsp3) is 0.438. The summed E-state index contributed by atoms with van der Waals surface area (Å²) in [7, 11) is 1.75. The molecule has 3 rings (SSSR count). The first-order valence-electron chi connectivity index (χ1n) is 7.70. The van der Waals surface area contributed by atoms with Crippen LogP contribution in [0.25, 0.3) is 11.3 Å². The van der Waals surface area contributed by atoms with Crippen molar-refractivity contribution < 1.29 is 0 Å². The molecule has 1 aliphatic heterocycles. The van der Waals surface area contributed by atoms with Gasteiger partial charge in [0.1, 0.15) is 0 Å². The zero-order valence-corrected chi connectivity index (χ0v) is 12.7. The Bertz CT molecular complexity index is 675. The van der Waals surface area contributed by atoms with E-state index < -0.39 is 0 Å². The summed E-state index contributed by atoms with van der Waals surface area (Å²) in [5.41, 5.74) is 1.52. The highest BCUT2D eigenvalue weighted by atomic mass is 16.1. The maximum absolute atomic E-state index is 12.2. The standard InChI is InChI=1S/C16H21N5O/c1-21-15(22)11-14(12-4-8-18-9-5-12)20-16(21)19-13-3-2-7-17-10-6-13/h4-5,8-9,11,13,17H,2-3,6-7,10H2,1H3,(H,19,20). The number of rotatable bonds is 3. The van der Waals surface area contributed by atoms with Gasteiger partial charge in [-0.05, 0) is 44.5 Å². The monoisotopic (exact) mass is 299 g/mol. The van der Waals surface area contributed by atoms with Crippen LogP contribution in [0, 0.1) is 0 Å². The zero-order valence-electron chi connectivity index (χ0n) is 12.7. The molecule has 2 aromatic rings. The third-order valence-electron chi connectivity index (χ3n) is 4.02. The van der Waals surface area contributed by atoms with Crippen molar-refractivity contribution in [3.05, 3.63) is 40.9 Å². The second kappa shape index (κ2) is 6.70. The Hall–Kier alpha value is -2.21. The molecule has 0 bridgehead atoms. The number of hydrogen-bond acceptors (Lipinski definition) is 5. The van der Waals surface area contributed by atoms with E-state index in [1.807, 2.05) is 12.1 Å². The summed E-state index contributed by atoms with van der Waals surface area (Å²) in [6, 6.07) is 5.64. The van der Waals surface area contributed by atoms with E-state index in [9.17, 15) is 4.79 Å². The molecule has 0 aliphatic carbocycles. The molecule has 116 valence electrons. The Kier molecular flexibility index (Phi) is 4.48. The zero-order chi connectivity index (χ0) is 15.4. The number of pyridine rings is 1. The lowest BCUT2D eigenvalue weighted by atomic mass is 10.1. The average Bonchev–Trinajstić information content (AvgIpc) is 2.81. The Labute approximate surface area is 129 Å². The lowest BCUT2D eigenvalue weighted by Gasteiger charge is -2.19. The van der Waals surface area contributed by atoms with Gasteiger partial charge in [-0.25, -0.2) is 4.98 Å². The maximum Gasteiger partial charge on any atom is 0.255 e. The van der Waals surface area contributed by atoms with Gasteiger partial charge in [0.05, 0.1) is 5.69 Å². The van der Waals surface area contributed by atoms with Gasteiger partial charge in [-0.2, -0.15) is 0 Å². The smallest absolute Gasteiger partial charge is 0.255 e. The minimum absolute atomic E-state index is 0.0592. The Balaban J connectivity index is 1.90. The molecule has 1 atom stereocenters. The van der Waals surface area contributed by atoms with E-state index in [1.54, 1.807) is 30.1 Å². The molecule has 0 amide bonds. The van der Waals surface area contributed by atoms with Gasteiger partial charge in [0, 0.05) is 37.1 Å². The molecule has 1 aliphatic rings. The molecule has 0 radical (unpaired) electrons. The molecule has 1 saturated heterocycles. The minimum atomic E-state index is -0.0592. The summed E-state index contributed by atoms with van der Waals surface area (Å²) in [6.45, 7) is 2.05. The highest BCUT2D eigenvalue weighted by Gasteiger charge is 2.15. The Morgan fingerprint density at radius 1 is 1.27 bits per heavy atom. The summed E-state index contributed by atoms with van der Waals surface area (Å²) in [4.78, 5) is 20.8. The average molecular weight is 299 g/mol. The van der Waals surface area contributed by atoms with Gasteiger partial charge in [-0.3, -0.25) is 14.3 Å². The van der Waals surface area contributed by atoms with Gasteiger partial charge in [-0.1, -0.05) is 0 Å². The van der Waals surface area contributed by atoms with Gasteiger partial charge in [0.25, 0.3) is 5.56 Å². The van der Waals surface area contributed by atoms with Gasteiger partial charge in [-0.15, -0.1) is 0 Å². The van der Waals surface area contributed by atoms with E-state index in [0.29, 0.717) is 17.7 Å². The summed E-state index contributed by atoms with van der Waals surface area (Å²) < 4.78 is 1.57. The van der Waals surface area contributed by atoms with Gasteiger partial charge in [0.2, 0.25) is 5.95 Å². The van der Waals surface area contributed by atoms with E-state index in [2.05, 4.69) is 20.6 Å². The molecule has 3 heterocycles. The topological polar surface area (TPSA) is 71.8 Å². The Morgan fingerprint density at radius 2 is 2.09 bits per heavy atom. The van der Waals surface area contributed by atoms with Gasteiger partial charge < -0.3 is 10.6 Å². The van der Waals surface area contributed by atoms with Crippen molar-refractivity contribution >= 4 is 5.95 Å². The predicted octanol–water partition coefficient (Wildman–Crippen LogP) is 1.40. The molecule has 22 heavy (non-hydrogen) atoms. The number of hydrogen-bond donors (Lipinski definition) is 2. The van der Waals surface area contributed by atoms with Crippen molar-refractivity contribution in [2.75, 3.05) is 18.4 Å². The number of nitrogens with zero attached hydrogens (tertiary/aromatic N) is 3. The van der Waals surface area contributed by atoms with Crippen LogP contribution in [0.1, 0.15) is 19.3 Å². The second-order valence-electron chi connectivity index (χ2n) is 5.62. The molecule has 6 heteroatoms. The largest absolute Gasteiger partial charge is 0.353 e. The number of nitrogens with one attached hydrogen (secondary N) is 2. The summed E-state index contributed by atoms with van der Waals surface area (Å²) >= 11 is 0. The third kappa shape index (κ3) is 3.33. The van der Waals surface area contributed by atoms with Crippen molar-refractivity contribution in [2.45, 2.75) is 25.3 Å². The highest BCUT2D eigenvalue weighted by Crippen LogP contribution is 2.17. The van der Waals surface area contributed by atoms with Crippen LogP contribution in [0.15, 0.2) is 35.4 Å². The van der Waals surface area contributed by atoms with Crippen molar-refractivity contribution in [1.29, 1.82) is 0 Å². The van der Waals surface area contributed by atoms with Crippen LogP contribution in [0.3, 0.4) is 0 Å². The first-order valence-corrected chi connectivity index (χ1v) is 7.70. The second-order valence-corrected chi connectivity index (χ2v) is 5.62. The lowest BCUT2D eigenvalue weighted by molar-refractivity contribution is 0.623. The van der Waals surface area contributed by atoms with E-state index in [1.165, 1.54) is 0 Å². The van der Waals surface area contributed by atoms with Crippen LogP contribution in [0.4, 0.5) is 5.95 Å². The number of anilines is 1. The van der Waals surface area contributed by atoms with Crippen molar-refractivity contribution in [1.82, 2.24) is 19.9 Å². The molecule has 2 aromatic heterocycles. The minimum Gasteiger partial charge on any atom is -0.353 e. The van der Waals surface area contributed by atoms with E-state index >= 15 is 0 Å². The Morgan fingerprint density at radius 3 is 2.91 bits per heavy atom. The summed E-state index contributed by atoms with van der Waals surface area (Å²) in [6.07, 6.45) is 6.67. The molecular weight excluding hydrogens is 278 g/mol. The van der Waals surface area contributed by atoms with Gasteiger partial charge >= 0.3 is 0 Å². The molecule has 2 N–H and O–H groups in total. The molecule has 1 unspecified atom stereocenters. The molecule has 6 nitrogen and oxygen atoms in total. The summed E-state index contributed by atoms with van der Waals surface area (Å²) in [5.74, 6) is 0.631. The van der Waals surface area contributed by atoms with Crippen molar-refractivity contribution in [2.24, 2.45) is 7.05 Å². The van der Waals surface area contributed by atoms with Crippen LogP contribution in [0.5, 0.6) is 0 Å². The molecule has 0 spiro atoms. The van der Waals surface area contributed by atoms with Crippen LogP contribution in [-0.4, -0.2) is 33.7 Å². The highest BCUT2D eigenvalue weighted by molar-refractivity contribution is 5.59. The van der Waals surface area contributed by atoms with E-state index in [0.717, 1.165) is 37.9 Å². The number of aromatic nitrogens is 3. The molecule has 0 aromatic carbocycles. The van der Waals surface area contributed by atoms with Crippen molar-refractivity contribution in [3.63, 3.8) is 0 Å². The first-order chi connectivity index (χ1) is 10.7. The van der Waals surface area contributed by atoms with Crippen LogP contribution in [0.2, 0.25) is 0 Å². The van der Waals surface area contributed by atoms with Crippen LogP contribution in [-0.2, 0) is 7.05 Å². The quantitative estimate of drug-likeness (QED) is 0.896. The molecule has 0 saturated carbocycles. The SMILES string of the molecule is Cn1c(NC2CCCNCC2)nc(-c2ccncc2)cc1=O. The fourth-order valence-electron chi connectivity index (χ4n) is 2.69. The molecule has 1 fully saturated rings. The van der Waals surface area contributed by atoms with Gasteiger partial charge in [0.15, 0.2) is 0 Å². The van der Waals surface area contributed by atoms with E-state index in [-0.39, 0.29) is 5.56 Å². The first kappa shape index (κ1) is 14.7. The van der Waals surface area contributed by atoms with E-state index in [4.69, 9.17) is 0 Å². The third-order valence-corrected chi connectivity index (χ3v) is 4.02. The predicted molar refractivity (Wildman–Crippen MR) is 86.8 cm³/mol. The normalized spacial score (nSPS) is 18.7. The van der Waals surface area contributed by atoms with Crippen LogP contribution >= 0.6 is 0 Å². The van der Waals surface area contributed by atoms with Crippen LogP contribution < -0.4 is 16.2 Å². The lowest BCUT2D eigenvalue weighted by Crippen LogP contribution is -2.28. The summed E-state index contributed by atoms with van der Waals surface area (Å²) in [5, 5.41) is 6.83.